The lowest BCUT2D eigenvalue weighted by Crippen LogP contribution is -2.39. The van der Waals surface area contributed by atoms with E-state index in [1.165, 1.54) is 6.92 Å². The molecule has 0 bridgehead atoms. The van der Waals surface area contributed by atoms with Crippen LogP contribution in [0.3, 0.4) is 0 Å². The van der Waals surface area contributed by atoms with Crippen molar-refractivity contribution in [2.75, 3.05) is 0 Å². The number of ether oxygens (including phenoxy) is 1. The van der Waals surface area contributed by atoms with Gasteiger partial charge in [0.2, 0.25) is 0 Å². The summed E-state index contributed by atoms with van der Waals surface area (Å²) in [6.45, 7) is 1.31. The molecule has 0 saturated heterocycles. The molecule has 0 aromatic heterocycles. The molecule has 3 atom stereocenters. The first-order valence-electron chi connectivity index (χ1n) is 6.38. The van der Waals surface area contributed by atoms with Crippen molar-refractivity contribution in [3.05, 3.63) is 35.9 Å². The molecule has 5 N–H and O–H groups in total. The lowest BCUT2D eigenvalue weighted by molar-refractivity contribution is -0.165. The molecule has 0 radical (unpaired) electrons. The Labute approximate surface area is 135 Å². The highest BCUT2D eigenvalue weighted by Gasteiger charge is 2.29. The van der Waals surface area contributed by atoms with E-state index >= 15 is 0 Å². The minimum absolute atomic E-state index is 0.348. The van der Waals surface area contributed by atoms with Crippen LogP contribution in [0.15, 0.2) is 30.3 Å². The monoisotopic (exact) mass is 344 g/mol. The van der Waals surface area contributed by atoms with Crippen LogP contribution in [0.4, 0.5) is 0 Å². The number of esters is 1. The summed E-state index contributed by atoms with van der Waals surface area (Å²) in [5, 5.41) is 41.0. The average Bonchev–Trinajstić information content (AvgIpc) is 2.54. The molecule has 3 unspecified atom stereocenters. The van der Waals surface area contributed by atoms with Gasteiger partial charge in [0, 0.05) is 0 Å². The molecule has 0 spiro atoms. The Kier molecular flexibility index (Phi) is 8.69. The second-order valence-electron chi connectivity index (χ2n) is 4.32. The number of carbonyl (C=O) groups is 4. The normalized spacial score (nSPS) is 13.5. The van der Waals surface area contributed by atoms with Gasteiger partial charge in [-0.05, 0) is 19.1 Å². The molecule has 0 aliphatic carbocycles. The predicted molar refractivity (Wildman–Crippen MR) is 76.2 cm³/mol. The van der Waals surface area contributed by atoms with E-state index in [-0.39, 0.29) is 0 Å². The van der Waals surface area contributed by atoms with Gasteiger partial charge >= 0.3 is 23.9 Å². The highest BCUT2D eigenvalue weighted by Crippen LogP contribution is 2.03. The molecule has 10 nitrogen and oxygen atoms in total. The molecule has 0 aliphatic rings. The molecular formula is C14H16O10. The van der Waals surface area contributed by atoms with Gasteiger partial charge in [0.1, 0.15) is 0 Å². The third kappa shape index (κ3) is 7.33. The fraction of sp³-hybridized carbons (Fsp3) is 0.286. The summed E-state index contributed by atoms with van der Waals surface area (Å²) in [5.74, 6) is -5.32. The van der Waals surface area contributed by atoms with Crippen molar-refractivity contribution in [2.45, 2.75) is 25.2 Å². The molecular weight excluding hydrogens is 328 g/mol. The summed E-state index contributed by atoms with van der Waals surface area (Å²) in [7, 11) is 0. The van der Waals surface area contributed by atoms with Crippen LogP contribution >= 0.6 is 0 Å². The zero-order chi connectivity index (χ0) is 18.9. The van der Waals surface area contributed by atoms with Gasteiger partial charge in [-0.2, -0.15) is 0 Å². The van der Waals surface area contributed by atoms with Gasteiger partial charge < -0.3 is 30.3 Å². The molecule has 0 saturated carbocycles. The number of aliphatic hydroxyl groups excluding tert-OH is 2. The van der Waals surface area contributed by atoms with Gasteiger partial charge in [-0.25, -0.2) is 19.2 Å². The Hall–Kier alpha value is -2.98. The van der Waals surface area contributed by atoms with Crippen LogP contribution in [0.5, 0.6) is 0 Å². The summed E-state index contributed by atoms with van der Waals surface area (Å²) in [4.78, 5) is 41.2. The zero-order valence-electron chi connectivity index (χ0n) is 12.4. The van der Waals surface area contributed by atoms with E-state index in [2.05, 4.69) is 4.74 Å². The molecule has 1 aromatic carbocycles. The van der Waals surface area contributed by atoms with Gasteiger partial charge in [0.15, 0.2) is 18.3 Å². The van der Waals surface area contributed by atoms with Gasteiger partial charge in [-0.1, -0.05) is 18.2 Å². The number of rotatable bonds is 6. The van der Waals surface area contributed by atoms with Crippen molar-refractivity contribution in [1.82, 2.24) is 0 Å². The van der Waals surface area contributed by atoms with Crippen molar-refractivity contribution in [3.8, 4) is 0 Å². The van der Waals surface area contributed by atoms with E-state index < -0.39 is 42.2 Å². The largest absolute Gasteiger partial charge is 0.479 e. The topological polar surface area (TPSA) is 179 Å². The fourth-order valence-corrected chi connectivity index (χ4v) is 1.12. The van der Waals surface area contributed by atoms with Crippen LogP contribution < -0.4 is 0 Å². The summed E-state index contributed by atoms with van der Waals surface area (Å²) in [5.41, 5.74) is 0.348. The van der Waals surface area contributed by atoms with E-state index in [1.807, 2.05) is 0 Å². The number of aliphatic hydroxyl groups is 2. The van der Waals surface area contributed by atoms with E-state index in [0.717, 1.165) is 0 Å². The van der Waals surface area contributed by atoms with Gasteiger partial charge in [-0.3, -0.25) is 0 Å². The maximum absolute atomic E-state index is 11.3. The summed E-state index contributed by atoms with van der Waals surface area (Å²) in [6, 6.07) is 8.26. The van der Waals surface area contributed by atoms with Gasteiger partial charge in [0.05, 0.1) is 5.56 Å². The summed E-state index contributed by atoms with van der Waals surface area (Å²) < 4.78 is 4.66. The number of carboxylic acids is 3. The number of carbonyl (C=O) groups excluding carboxylic acids is 1. The van der Waals surface area contributed by atoms with Gasteiger partial charge in [-0.15, -0.1) is 0 Å². The molecule has 10 heteroatoms. The Balaban J connectivity index is 0.000000470. The number of benzene rings is 1. The maximum atomic E-state index is 11.3. The molecule has 0 aliphatic heterocycles. The van der Waals surface area contributed by atoms with Crippen molar-refractivity contribution in [3.63, 3.8) is 0 Å². The van der Waals surface area contributed by atoms with Gasteiger partial charge in [0.25, 0.3) is 0 Å². The van der Waals surface area contributed by atoms with Crippen LogP contribution in [0.1, 0.15) is 17.3 Å². The lowest BCUT2D eigenvalue weighted by Gasteiger charge is -2.07. The minimum atomic E-state index is -2.27. The van der Waals surface area contributed by atoms with Crippen LogP contribution in [-0.4, -0.2) is 67.7 Å². The first-order valence-corrected chi connectivity index (χ1v) is 6.38. The highest BCUT2D eigenvalue weighted by molar-refractivity contribution is 5.91. The van der Waals surface area contributed by atoms with E-state index in [4.69, 9.17) is 25.5 Å². The summed E-state index contributed by atoms with van der Waals surface area (Å²) in [6.07, 6.45) is -5.65. The molecule has 24 heavy (non-hydrogen) atoms. The second kappa shape index (κ2) is 9.92. The molecule has 1 aromatic rings. The third-order valence-corrected chi connectivity index (χ3v) is 2.45. The fourth-order valence-electron chi connectivity index (χ4n) is 1.12. The third-order valence-electron chi connectivity index (χ3n) is 2.45. The first-order chi connectivity index (χ1) is 11.1. The van der Waals surface area contributed by atoms with Crippen molar-refractivity contribution in [2.24, 2.45) is 0 Å². The standard InChI is InChI=1S/C10H10O4.C4H6O6/c1-7(9(11)12)14-10(13)8-5-3-2-4-6-8;5-1(3(7)8)2(6)4(9)10/h2-7H,1H3,(H,11,12);1-2,5-6H,(H,7,8)(H,9,10). The van der Waals surface area contributed by atoms with E-state index in [9.17, 15) is 19.2 Å². The molecule has 0 heterocycles. The Morgan fingerprint density at radius 2 is 1.25 bits per heavy atom. The molecule has 0 amide bonds. The highest BCUT2D eigenvalue weighted by atomic mass is 16.6. The summed E-state index contributed by atoms with van der Waals surface area (Å²) >= 11 is 0. The maximum Gasteiger partial charge on any atom is 0.344 e. The molecule has 0 fully saturated rings. The van der Waals surface area contributed by atoms with Crippen molar-refractivity contribution >= 4 is 23.9 Å². The Morgan fingerprint density at radius 1 is 0.833 bits per heavy atom. The number of hydrogen-bond acceptors (Lipinski definition) is 7. The van der Waals surface area contributed by atoms with Crippen LogP contribution in [0, 0.1) is 0 Å². The zero-order valence-corrected chi connectivity index (χ0v) is 12.4. The first kappa shape index (κ1) is 21.0. The smallest absolute Gasteiger partial charge is 0.344 e. The lowest BCUT2D eigenvalue weighted by atomic mass is 10.2. The van der Waals surface area contributed by atoms with Crippen LogP contribution in [0.25, 0.3) is 0 Å². The quantitative estimate of drug-likeness (QED) is 0.410. The Bertz CT molecular complexity index is 564. The predicted octanol–water partition coefficient (Wildman–Crippen LogP) is -0.806. The number of aliphatic carboxylic acids is 3. The van der Waals surface area contributed by atoms with Crippen LogP contribution in [0.2, 0.25) is 0 Å². The molecule has 132 valence electrons. The number of carboxylic acid groups (broad SMARTS) is 3. The van der Waals surface area contributed by atoms with Crippen molar-refractivity contribution in [1.29, 1.82) is 0 Å². The molecule has 1 rings (SSSR count). The minimum Gasteiger partial charge on any atom is -0.479 e. The second-order valence-corrected chi connectivity index (χ2v) is 4.32. The SMILES string of the molecule is CC(OC(=O)c1ccccc1)C(=O)O.O=C(O)C(O)C(O)C(=O)O. The van der Waals surface area contributed by atoms with E-state index in [0.29, 0.717) is 5.56 Å². The van der Waals surface area contributed by atoms with E-state index in [1.54, 1.807) is 30.3 Å². The van der Waals surface area contributed by atoms with Crippen molar-refractivity contribution < 1.29 is 49.4 Å². The Morgan fingerprint density at radius 3 is 1.58 bits per heavy atom. The number of hydrogen-bond donors (Lipinski definition) is 5. The average molecular weight is 344 g/mol. The van der Waals surface area contributed by atoms with Crippen LogP contribution in [-0.2, 0) is 19.1 Å².